The molecule has 212 valence electrons. The number of alkyl halides is 1. The molecule has 1 aromatic carbocycles. The first-order chi connectivity index (χ1) is 19.0. The van der Waals surface area contributed by atoms with E-state index in [9.17, 15) is 9.50 Å². The lowest BCUT2D eigenvalue weighted by molar-refractivity contribution is 0.00942. The molecule has 2 heterocycles. The van der Waals surface area contributed by atoms with E-state index < -0.39 is 15.6 Å². The Balaban J connectivity index is 1.25. The second-order valence-corrected chi connectivity index (χ2v) is 14.5. The zero-order valence-electron chi connectivity index (χ0n) is 21.9. The lowest BCUT2D eigenvalue weighted by Crippen LogP contribution is -2.54. The summed E-state index contributed by atoms with van der Waals surface area (Å²) in [7, 11) is 0. The second-order valence-electron chi connectivity index (χ2n) is 11.6. The van der Waals surface area contributed by atoms with Crippen molar-refractivity contribution in [1.29, 1.82) is 0 Å². The number of anilines is 1. The van der Waals surface area contributed by atoms with Crippen molar-refractivity contribution in [2.75, 3.05) is 4.90 Å². The summed E-state index contributed by atoms with van der Waals surface area (Å²) in [5.74, 6) is 0.203. The third-order valence-electron chi connectivity index (χ3n) is 8.36. The zero-order chi connectivity index (χ0) is 28.2. The molecule has 3 aliphatic rings. The third kappa shape index (κ3) is 5.72. The molecule has 0 saturated heterocycles. The fourth-order valence-corrected chi connectivity index (χ4v) is 6.77. The van der Waals surface area contributed by atoms with Crippen molar-refractivity contribution in [2.24, 2.45) is 11.3 Å². The number of hydrogen-bond donors (Lipinski definition) is 4. The van der Waals surface area contributed by atoms with Crippen LogP contribution in [0.15, 0.2) is 36.7 Å². The van der Waals surface area contributed by atoms with Gasteiger partial charge < -0.3 is 14.7 Å². The fourth-order valence-electron chi connectivity index (χ4n) is 6.49. The topological polar surface area (TPSA) is 84.3 Å². The number of hydrogen-bond acceptors (Lipinski definition) is 10. The highest BCUT2D eigenvalue weighted by atomic mass is 32.2. The molecular weight excluding hydrogens is 573 g/mol. The number of pyridine rings is 1. The molecule has 3 aliphatic carbocycles. The van der Waals surface area contributed by atoms with Crippen molar-refractivity contribution >= 4 is 43.7 Å². The molecular formula is C28H31F2N5O2S3. The van der Waals surface area contributed by atoms with Crippen molar-refractivity contribution in [2.45, 2.75) is 73.7 Å². The predicted molar refractivity (Wildman–Crippen MR) is 159 cm³/mol. The number of fused-ring (bicyclic) bond motifs is 2. The van der Waals surface area contributed by atoms with E-state index in [-0.39, 0.29) is 46.4 Å². The molecule has 1 N–H and O–H groups in total. The summed E-state index contributed by atoms with van der Waals surface area (Å²) in [6.45, 7) is 2.29. The van der Waals surface area contributed by atoms with Gasteiger partial charge in [-0.3, -0.25) is 0 Å². The smallest absolute Gasteiger partial charge is 0.242 e. The van der Waals surface area contributed by atoms with Crippen LogP contribution in [0, 0.1) is 17.2 Å². The Hall–Kier alpha value is -2.31. The van der Waals surface area contributed by atoms with Crippen LogP contribution in [-0.4, -0.2) is 47.1 Å². The summed E-state index contributed by atoms with van der Waals surface area (Å²) in [6, 6.07) is 6.04. The molecule has 3 saturated carbocycles. The van der Waals surface area contributed by atoms with Gasteiger partial charge in [0.2, 0.25) is 9.48 Å². The monoisotopic (exact) mass is 603 g/mol. The van der Waals surface area contributed by atoms with Gasteiger partial charge in [0.25, 0.3) is 0 Å². The summed E-state index contributed by atoms with van der Waals surface area (Å²) in [4.78, 5) is 10.5. The van der Waals surface area contributed by atoms with Crippen LogP contribution in [-0.2, 0) is 0 Å². The highest BCUT2D eigenvalue weighted by Crippen LogP contribution is 2.52. The number of benzene rings is 1. The van der Waals surface area contributed by atoms with Crippen molar-refractivity contribution in [3.8, 4) is 34.1 Å². The van der Waals surface area contributed by atoms with Gasteiger partial charge in [-0.05, 0) is 67.6 Å². The van der Waals surface area contributed by atoms with Crippen molar-refractivity contribution in [1.82, 2.24) is 20.2 Å². The SMILES string of the molecule is C[C@]12CCC[C@H](C1)[C@H](F)[C@H](N(c1cnc(-c3ccc(-c4cc(OC(S)(S)S)ncc4F)cc3O)nn1)C1CC1)C2. The van der Waals surface area contributed by atoms with Gasteiger partial charge in [-0.25, -0.2) is 18.7 Å². The first-order valence-electron chi connectivity index (χ1n) is 13.5. The molecule has 2 bridgehead atoms. The number of phenols is 1. The van der Waals surface area contributed by atoms with Crippen LogP contribution < -0.4 is 9.64 Å². The van der Waals surface area contributed by atoms with Gasteiger partial charge in [0.1, 0.15) is 17.7 Å². The number of phenolic OH excluding ortho intramolecular Hbond substituents is 1. The minimum Gasteiger partial charge on any atom is -0.507 e. The number of aromatic nitrogens is 4. The normalized spacial score (nSPS) is 26.4. The van der Waals surface area contributed by atoms with Crippen LogP contribution >= 0.6 is 37.9 Å². The maximum absolute atomic E-state index is 15.7. The minimum absolute atomic E-state index is 0.0643. The van der Waals surface area contributed by atoms with Gasteiger partial charge in [0.15, 0.2) is 11.6 Å². The predicted octanol–water partition coefficient (Wildman–Crippen LogP) is 6.50. The lowest BCUT2D eigenvalue weighted by atomic mass is 9.60. The Labute approximate surface area is 248 Å². The average Bonchev–Trinajstić information content (AvgIpc) is 3.73. The molecule has 2 aromatic heterocycles. The summed E-state index contributed by atoms with van der Waals surface area (Å²) in [5.41, 5.74) is 1.06. The first kappa shape index (κ1) is 27.8. The molecule has 3 fully saturated rings. The number of aromatic hydroxyl groups is 1. The quantitative estimate of drug-likeness (QED) is 0.181. The number of ether oxygens (including phenoxy) is 1. The van der Waals surface area contributed by atoms with Crippen LogP contribution in [0.2, 0.25) is 0 Å². The lowest BCUT2D eigenvalue weighted by Gasteiger charge is -2.51. The van der Waals surface area contributed by atoms with Gasteiger partial charge in [-0.2, -0.15) is 0 Å². The Kier molecular flexibility index (Phi) is 7.31. The Morgan fingerprint density at radius 2 is 1.85 bits per heavy atom. The minimum atomic E-state index is -1.40. The molecule has 40 heavy (non-hydrogen) atoms. The number of nitrogens with zero attached hydrogens (tertiary/aromatic N) is 5. The van der Waals surface area contributed by atoms with Crippen LogP contribution in [0.25, 0.3) is 22.5 Å². The van der Waals surface area contributed by atoms with Crippen LogP contribution in [0.4, 0.5) is 14.6 Å². The largest absolute Gasteiger partial charge is 0.507 e. The van der Waals surface area contributed by atoms with Crippen LogP contribution in [0.3, 0.4) is 0 Å². The Morgan fingerprint density at radius 3 is 2.52 bits per heavy atom. The molecule has 6 rings (SSSR count). The molecule has 0 amide bonds. The van der Waals surface area contributed by atoms with Gasteiger partial charge >= 0.3 is 0 Å². The van der Waals surface area contributed by atoms with Crippen LogP contribution in [0.1, 0.15) is 51.9 Å². The molecule has 0 radical (unpaired) electrons. The highest BCUT2D eigenvalue weighted by Gasteiger charge is 2.50. The molecule has 12 heteroatoms. The Bertz CT molecular complexity index is 1410. The number of rotatable bonds is 7. The molecule has 7 nitrogen and oxygen atoms in total. The van der Waals surface area contributed by atoms with Crippen molar-refractivity contribution in [3.05, 3.63) is 42.5 Å². The fraction of sp³-hybridized carbons (Fsp3) is 0.500. The molecule has 3 aromatic rings. The Morgan fingerprint density at radius 1 is 1.05 bits per heavy atom. The third-order valence-corrected chi connectivity index (χ3v) is 8.64. The zero-order valence-corrected chi connectivity index (χ0v) is 24.6. The summed E-state index contributed by atoms with van der Waals surface area (Å²) >= 11 is 12.2. The van der Waals surface area contributed by atoms with E-state index in [2.05, 4.69) is 69.9 Å². The van der Waals surface area contributed by atoms with Gasteiger partial charge in [0, 0.05) is 17.7 Å². The highest BCUT2D eigenvalue weighted by molar-refractivity contribution is 8.16. The van der Waals surface area contributed by atoms with E-state index in [1.54, 1.807) is 18.3 Å². The van der Waals surface area contributed by atoms with E-state index >= 15 is 4.39 Å². The summed E-state index contributed by atoms with van der Waals surface area (Å²) in [5, 5.41) is 19.6. The average molecular weight is 604 g/mol. The summed E-state index contributed by atoms with van der Waals surface area (Å²) in [6.07, 6.45) is 8.70. The van der Waals surface area contributed by atoms with Gasteiger partial charge in [0.05, 0.1) is 24.0 Å². The van der Waals surface area contributed by atoms with E-state index in [1.165, 1.54) is 12.1 Å². The van der Waals surface area contributed by atoms with E-state index in [0.29, 0.717) is 16.9 Å². The molecule has 0 aliphatic heterocycles. The molecule has 0 spiro atoms. The van der Waals surface area contributed by atoms with Crippen LogP contribution in [0.5, 0.6) is 11.6 Å². The molecule has 0 unspecified atom stereocenters. The van der Waals surface area contributed by atoms with Crippen molar-refractivity contribution in [3.63, 3.8) is 0 Å². The summed E-state index contributed by atoms with van der Waals surface area (Å²) < 4.78 is 34.3. The van der Waals surface area contributed by atoms with E-state index in [1.807, 2.05) is 0 Å². The number of halogens is 2. The maximum atomic E-state index is 15.7. The van der Waals surface area contributed by atoms with Gasteiger partial charge in [-0.1, -0.05) is 19.4 Å². The number of thiol groups is 3. The van der Waals surface area contributed by atoms with E-state index in [0.717, 1.165) is 51.1 Å². The first-order valence-corrected chi connectivity index (χ1v) is 14.8. The van der Waals surface area contributed by atoms with Gasteiger partial charge in [-0.15, -0.1) is 48.1 Å². The maximum Gasteiger partial charge on any atom is 0.242 e. The molecule has 4 atom stereocenters. The van der Waals surface area contributed by atoms with E-state index in [4.69, 9.17) is 4.74 Å². The standard InChI is InChI=1S/C28H31F2N5O2S3/c1-27-8-2-3-16(11-27)25(30)21(12-27)35(17-5-6-17)23-14-32-26(34-33-23)18-7-4-15(9-22(18)36)19-10-24(31-13-20(19)29)37-28(38,39)40/h4,7,9-10,13-14,16-17,21,25,36,38-40H,2-3,5-6,8,11-12H2,1H3/t16-,21-,25+,27+/m1/s1. The second kappa shape index (κ2) is 10.5. The van der Waals surface area contributed by atoms with Crippen molar-refractivity contribution < 1.29 is 18.6 Å².